The lowest BCUT2D eigenvalue weighted by molar-refractivity contribution is 0.0780. The molecule has 0 unspecified atom stereocenters. The van der Waals surface area contributed by atoms with Crippen molar-refractivity contribution in [2.45, 2.75) is 12.0 Å². The molecule has 2 atom stereocenters. The zero-order chi connectivity index (χ0) is 18.3. The molecule has 2 heterocycles. The Morgan fingerprint density at radius 3 is 2.54 bits per heavy atom. The molecule has 1 amide bonds. The molecule has 0 spiro atoms. The molecule has 0 saturated carbocycles. The molecule has 4 rings (SSSR count). The van der Waals surface area contributed by atoms with E-state index >= 15 is 0 Å². The number of nitrogens with zero attached hydrogens (tertiary/aromatic N) is 3. The maximum Gasteiger partial charge on any atom is 0.278 e. The van der Waals surface area contributed by atoms with Crippen LogP contribution in [0.5, 0.6) is 0 Å². The number of likely N-dealkylation sites (tertiary alicyclic amines) is 1. The number of hydrogen-bond donors (Lipinski definition) is 1. The Hall–Kier alpha value is -2.99. The lowest BCUT2D eigenvalue weighted by atomic mass is 9.95. The third-order valence-electron chi connectivity index (χ3n) is 5.05. The summed E-state index contributed by atoms with van der Waals surface area (Å²) >= 11 is 0. The fourth-order valence-corrected chi connectivity index (χ4v) is 3.66. The van der Waals surface area contributed by atoms with Gasteiger partial charge in [0.2, 0.25) is 5.43 Å². The summed E-state index contributed by atoms with van der Waals surface area (Å²) in [4.78, 5) is 27.4. The van der Waals surface area contributed by atoms with Crippen LogP contribution in [-0.2, 0) is 7.05 Å². The molecule has 132 valence electrons. The minimum absolute atomic E-state index is 0.0490. The molecular weight excluding hydrogens is 328 g/mol. The molecule has 6 heteroatoms. The number of fused-ring (bicyclic) bond motifs is 1. The quantitative estimate of drug-likeness (QED) is 0.761. The molecule has 1 aromatic heterocycles. The van der Waals surface area contributed by atoms with Crippen molar-refractivity contribution in [1.29, 1.82) is 0 Å². The molecule has 0 bridgehead atoms. The van der Waals surface area contributed by atoms with E-state index in [9.17, 15) is 9.59 Å². The molecule has 6 nitrogen and oxygen atoms in total. The van der Waals surface area contributed by atoms with Crippen molar-refractivity contribution >= 4 is 16.8 Å². The van der Waals surface area contributed by atoms with Gasteiger partial charge in [-0.2, -0.15) is 5.10 Å². The first-order valence-corrected chi connectivity index (χ1v) is 8.62. The van der Waals surface area contributed by atoms with Crippen LogP contribution in [0.25, 0.3) is 10.9 Å². The molecule has 26 heavy (non-hydrogen) atoms. The van der Waals surface area contributed by atoms with E-state index in [2.05, 4.69) is 5.10 Å². The Kier molecular flexibility index (Phi) is 4.05. The van der Waals surface area contributed by atoms with Crippen molar-refractivity contribution in [2.75, 3.05) is 13.1 Å². The van der Waals surface area contributed by atoms with Crippen LogP contribution in [0.1, 0.15) is 22.0 Å². The topological polar surface area (TPSA) is 81.2 Å². The smallest absolute Gasteiger partial charge is 0.278 e. The molecule has 3 aromatic rings. The van der Waals surface area contributed by atoms with Crippen LogP contribution >= 0.6 is 0 Å². The molecule has 1 aliphatic heterocycles. The first-order valence-electron chi connectivity index (χ1n) is 8.62. The molecular formula is C20H20N4O2. The second-order valence-electron chi connectivity index (χ2n) is 6.71. The Morgan fingerprint density at radius 2 is 1.77 bits per heavy atom. The van der Waals surface area contributed by atoms with E-state index in [0.717, 1.165) is 5.56 Å². The van der Waals surface area contributed by atoms with Gasteiger partial charge >= 0.3 is 0 Å². The van der Waals surface area contributed by atoms with E-state index < -0.39 is 0 Å². The van der Waals surface area contributed by atoms with Gasteiger partial charge in [-0.25, -0.2) is 0 Å². The highest BCUT2D eigenvalue weighted by atomic mass is 16.2. The Balaban J connectivity index is 1.68. The van der Waals surface area contributed by atoms with Crippen LogP contribution in [0.3, 0.4) is 0 Å². The SMILES string of the molecule is Cn1nc(C(=O)N2C[C@@H](N)[C@H](c3ccccc3)C2)c(=O)c2ccccc21. The summed E-state index contributed by atoms with van der Waals surface area (Å²) < 4.78 is 1.58. The highest BCUT2D eigenvalue weighted by Gasteiger charge is 2.35. The summed E-state index contributed by atoms with van der Waals surface area (Å²) in [5.41, 5.74) is 7.71. The monoisotopic (exact) mass is 348 g/mol. The molecule has 1 fully saturated rings. The van der Waals surface area contributed by atoms with Crippen LogP contribution in [-0.4, -0.2) is 39.7 Å². The summed E-state index contributed by atoms with van der Waals surface area (Å²) in [5.74, 6) is -0.297. The molecule has 2 aromatic carbocycles. The van der Waals surface area contributed by atoms with Gasteiger partial charge in [0.25, 0.3) is 5.91 Å². The average molecular weight is 348 g/mol. The van der Waals surface area contributed by atoms with Crippen molar-refractivity contribution in [1.82, 2.24) is 14.7 Å². The third-order valence-corrected chi connectivity index (χ3v) is 5.05. The minimum atomic E-state index is -0.356. The van der Waals surface area contributed by atoms with Crippen LogP contribution in [0.15, 0.2) is 59.4 Å². The normalized spacial score (nSPS) is 19.8. The summed E-state index contributed by atoms with van der Waals surface area (Å²) in [5, 5.41) is 4.74. The second kappa shape index (κ2) is 6.38. The Labute approximate surface area is 150 Å². The van der Waals surface area contributed by atoms with Crippen molar-refractivity contribution < 1.29 is 4.79 Å². The lowest BCUT2D eigenvalue weighted by Crippen LogP contribution is -2.36. The summed E-state index contributed by atoms with van der Waals surface area (Å²) in [7, 11) is 1.74. The number of aryl methyl sites for hydroxylation is 1. The van der Waals surface area contributed by atoms with Crippen LogP contribution in [0.4, 0.5) is 0 Å². The molecule has 2 N–H and O–H groups in total. The number of para-hydroxylation sites is 1. The van der Waals surface area contributed by atoms with Gasteiger partial charge in [-0.05, 0) is 17.7 Å². The fourth-order valence-electron chi connectivity index (χ4n) is 3.66. The number of hydrogen-bond acceptors (Lipinski definition) is 4. The standard InChI is InChI=1S/C20H20N4O2/c1-23-17-10-6-5-9-14(17)19(25)18(22-23)20(26)24-11-15(16(21)12-24)13-7-3-2-4-8-13/h2-10,15-16H,11-12,21H2,1H3/t15-,16+/m0/s1. The van der Waals surface area contributed by atoms with Gasteiger partial charge in [0.1, 0.15) is 0 Å². The first-order chi connectivity index (χ1) is 12.6. The zero-order valence-electron chi connectivity index (χ0n) is 14.5. The number of aromatic nitrogens is 2. The van der Waals surface area contributed by atoms with E-state index in [1.54, 1.807) is 28.8 Å². The summed E-state index contributed by atoms with van der Waals surface area (Å²) in [6.07, 6.45) is 0. The van der Waals surface area contributed by atoms with Crippen LogP contribution < -0.4 is 11.2 Å². The van der Waals surface area contributed by atoms with Crippen molar-refractivity contribution in [3.8, 4) is 0 Å². The predicted octanol–water partition coefficient (Wildman–Crippen LogP) is 1.50. The highest BCUT2D eigenvalue weighted by molar-refractivity contribution is 5.95. The van der Waals surface area contributed by atoms with Gasteiger partial charge in [0.15, 0.2) is 5.69 Å². The fraction of sp³-hybridized carbons (Fsp3) is 0.250. The van der Waals surface area contributed by atoms with E-state index in [0.29, 0.717) is 24.0 Å². The largest absolute Gasteiger partial charge is 0.335 e. The van der Waals surface area contributed by atoms with E-state index in [4.69, 9.17) is 5.73 Å². The highest BCUT2D eigenvalue weighted by Crippen LogP contribution is 2.27. The number of benzene rings is 2. The zero-order valence-corrected chi connectivity index (χ0v) is 14.5. The maximum atomic E-state index is 13.0. The van der Waals surface area contributed by atoms with E-state index in [1.807, 2.05) is 42.5 Å². The van der Waals surface area contributed by atoms with Crippen LogP contribution in [0.2, 0.25) is 0 Å². The number of rotatable bonds is 2. The number of amides is 1. The molecule has 1 saturated heterocycles. The van der Waals surface area contributed by atoms with E-state index in [-0.39, 0.29) is 29.0 Å². The second-order valence-corrected chi connectivity index (χ2v) is 6.71. The number of nitrogens with two attached hydrogens (primary N) is 1. The number of carbonyl (C=O) groups is 1. The average Bonchev–Trinajstić information content (AvgIpc) is 3.06. The van der Waals surface area contributed by atoms with Gasteiger partial charge in [-0.1, -0.05) is 42.5 Å². The molecule has 0 aliphatic carbocycles. The van der Waals surface area contributed by atoms with Gasteiger partial charge in [-0.3, -0.25) is 14.3 Å². The van der Waals surface area contributed by atoms with Crippen molar-refractivity contribution in [3.05, 3.63) is 76.1 Å². The Morgan fingerprint density at radius 1 is 1.08 bits per heavy atom. The lowest BCUT2D eigenvalue weighted by Gasteiger charge is -2.16. The van der Waals surface area contributed by atoms with Gasteiger partial charge in [0, 0.05) is 37.5 Å². The maximum absolute atomic E-state index is 13.0. The third kappa shape index (κ3) is 2.68. The van der Waals surface area contributed by atoms with Crippen molar-refractivity contribution in [2.24, 2.45) is 12.8 Å². The van der Waals surface area contributed by atoms with E-state index in [1.165, 1.54) is 0 Å². The van der Waals surface area contributed by atoms with Crippen molar-refractivity contribution in [3.63, 3.8) is 0 Å². The number of carbonyl (C=O) groups excluding carboxylic acids is 1. The predicted molar refractivity (Wildman–Crippen MR) is 100 cm³/mol. The van der Waals surface area contributed by atoms with Gasteiger partial charge in [-0.15, -0.1) is 0 Å². The minimum Gasteiger partial charge on any atom is -0.335 e. The summed E-state index contributed by atoms with van der Waals surface area (Å²) in [6.45, 7) is 0.901. The molecule has 0 radical (unpaired) electrons. The Bertz CT molecular complexity index is 1030. The first kappa shape index (κ1) is 16.5. The van der Waals surface area contributed by atoms with Gasteiger partial charge < -0.3 is 10.6 Å². The molecule has 1 aliphatic rings. The van der Waals surface area contributed by atoms with Crippen LogP contribution in [0, 0.1) is 0 Å². The van der Waals surface area contributed by atoms with Gasteiger partial charge in [0.05, 0.1) is 5.52 Å². The summed E-state index contributed by atoms with van der Waals surface area (Å²) in [6, 6.07) is 16.9.